The molecule has 0 aromatic carbocycles. The summed E-state index contributed by atoms with van der Waals surface area (Å²) in [7, 11) is 1.75. The predicted octanol–water partition coefficient (Wildman–Crippen LogP) is 1.73. The largest absolute Gasteiger partial charge is 0.454 e. The summed E-state index contributed by atoms with van der Waals surface area (Å²) < 4.78 is 59.7. The maximum atomic E-state index is 12.3. The molecule has 0 saturated heterocycles. The Labute approximate surface area is 85.4 Å². The van der Waals surface area contributed by atoms with Crippen molar-refractivity contribution in [2.75, 3.05) is 33.2 Å². The topological polar surface area (TPSA) is 15.3 Å². The van der Waals surface area contributed by atoms with Gasteiger partial charge in [0.2, 0.25) is 0 Å². The molecule has 0 rings (SSSR count). The molecule has 0 aromatic rings. The minimum absolute atomic E-state index is 0.107. The van der Waals surface area contributed by atoms with Gasteiger partial charge >= 0.3 is 12.1 Å². The van der Waals surface area contributed by atoms with Gasteiger partial charge in [-0.25, -0.2) is 0 Å². The van der Waals surface area contributed by atoms with Crippen LogP contribution in [0.1, 0.15) is 6.92 Å². The van der Waals surface area contributed by atoms with E-state index in [1.54, 1.807) is 11.9 Å². The predicted molar refractivity (Wildman–Crippen MR) is 47.0 cm³/mol. The lowest BCUT2D eigenvalue weighted by Crippen LogP contribution is -2.46. The van der Waals surface area contributed by atoms with Crippen LogP contribution < -0.4 is 5.32 Å². The van der Waals surface area contributed by atoms with Gasteiger partial charge < -0.3 is 10.2 Å². The second-order valence-corrected chi connectivity index (χ2v) is 3.27. The molecule has 7 heteroatoms. The normalized spacial score (nSPS) is 13.6. The standard InChI is InChI=1S/C8H15F5N2/c1-3-15(2)5-4-14-6-7(9,10)8(11,12)13/h14H,3-6H2,1-2H3. The molecule has 0 unspecified atom stereocenters. The third-order valence-electron chi connectivity index (χ3n) is 1.97. The quantitative estimate of drug-likeness (QED) is 0.556. The van der Waals surface area contributed by atoms with Gasteiger partial charge in [0, 0.05) is 13.1 Å². The first-order chi connectivity index (χ1) is 6.70. The van der Waals surface area contributed by atoms with Crippen molar-refractivity contribution in [3.63, 3.8) is 0 Å². The van der Waals surface area contributed by atoms with Crippen LogP contribution >= 0.6 is 0 Å². The summed E-state index contributed by atoms with van der Waals surface area (Å²) in [6, 6.07) is 0. The Morgan fingerprint density at radius 1 is 1.13 bits per heavy atom. The molecule has 0 aliphatic rings. The van der Waals surface area contributed by atoms with E-state index in [9.17, 15) is 22.0 Å². The molecular formula is C8H15F5N2. The molecule has 0 saturated carbocycles. The molecule has 1 N–H and O–H groups in total. The van der Waals surface area contributed by atoms with Crippen LogP contribution in [0, 0.1) is 0 Å². The highest BCUT2D eigenvalue weighted by atomic mass is 19.4. The first kappa shape index (κ1) is 14.6. The minimum Gasteiger partial charge on any atom is -0.310 e. The van der Waals surface area contributed by atoms with Gasteiger partial charge in [-0.2, -0.15) is 22.0 Å². The molecule has 0 radical (unpaired) electrons. The zero-order chi connectivity index (χ0) is 12.1. The SMILES string of the molecule is CCN(C)CCNCC(F)(F)C(F)(F)F. The Hall–Kier alpha value is -0.430. The number of rotatable bonds is 6. The van der Waals surface area contributed by atoms with Crippen LogP contribution in [0.5, 0.6) is 0 Å². The van der Waals surface area contributed by atoms with Crippen molar-refractivity contribution in [2.45, 2.75) is 19.0 Å². The summed E-state index contributed by atoms with van der Waals surface area (Å²) in [5.41, 5.74) is 0. The fourth-order valence-corrected chi connectivity index (χ4v) is 0.774. The summed E-state index contributed by atoms with van der Waals surface area (Å²) in [5, 5.41) is 2.09. The van der Waals surface area contributed by atoms with Crippen molar-refractivity contribution < 1.29 is 22.0 Å². The van der Waals surface area contributed by atoms with Crippen LogP contribution in [-0.2, 0) is 0 Å². The van der Waals surface area contributed by atoms with E-state index in [2.05, 4.69) is 5.32 Å². The second-order valence-electron chi connectivity index (χ2n) is 3.27. The molecule has 0 heterocycles. The zero-order valence-electron chi connectivity index (χ0n) is 8.67. The van der Waals surface area contributed by atoms with Crippen LogP contribution in [0.4, 0.5) is 22.0 Å². The summed E-state index contributed by atoms with van der Waals surface area (Å²) in [6.45, 7) is 1.76. The highest BCUT2D eigenvalue weighted by molar-refractivity contribution is 4.78. The van der Waals surface area contributed by atoms with Crippen LogP contribution in [0.15, 0.2) is 0 Å². The number of hydrogen-bond acceptors (Lipinski definition) is 2. The maximum Gasteiger partial charge on any atom is 0.454 e. The Morgan fingerprint density at radius 2 is 1.67 bits per heavy atom. The van der Waals surface area contributed by atoms with Crippen LogP contribution in [0.2, 0.25) is 0 Å². The zero-order valence-corrected chi connectivity index (χ0v) is 8.67. The van der Waals surface area contributed by atoms with Crippen molar-refractivity contribution in [2.24, 2.45) is 0 Å². The Balaban J connectivity index is 3.77. The molecular weight excluding hydrogens is 219 g/mol. The minimum atomic E-state index is -5.48. The molecule has 0 aromatic heterocycles. The van der Waals surface area contributed by atoms with E-state index in [1.807, 2.05) is 6.92 Å². The first-order valence-electron chi connectivity index (χ1n) is 4.54. The van der Waals surface area contributed by atoms with Gasteiger partial charge in [0.25, 0.3) is 0 Å². The van der Waals surface area contributed by atoms with E-state index in [1.165, 1.54) is 0 Å². The fraction of sp³-hybridized carbons (Fsp3) is 1.00. The number of nitrogens with one attached hydrogen (secondary N) is 1. The lowest BCUT2D eigenvalue weighted by atomic mass is 10.3. The average Bonchev–Trinajstić information content (AvgIpc) is 2.10. The third kappa shape index (κ3) is 5.27. The molecule has 0 atom stereocenters. The number of hydrogen-bond donors (Lipinski definition) is 1. The van der Waals surface area contributed by atoms with Crippen LogP contribution in [0.25, 0.3) is 0 Å². The van der Waals surface area contributed by atoms with Crippen molar-refractivity contribution in [1.29, 1.82) is 0 Å². The van der Waals surface area contributed by atoms with E-state index in [0.29, 0.717) is 6.54 Å². The molecule has 92 valence electrons. The lowest BCUT2D eigenvalue weighted by Gasteiger charge is -2.21. The molecule has 0 amide bonds. The summed E-state index contributed by atoms with van der Waals surface area (Å²) in [5.74, 6) is -4.65. The Bertz CT molecular complexity index is 180. The smallest absolute Gasteiger partial charge is 0.310 e. The molecule has 0 fully saturated rings. The maximum absolute atomic E-state index is 12.3. The van der Waals surface area contributed by atoms with Gasteiger partial charge in [0.15, 0.2) is 0 Å². The van der Waals surface area contributed by atoms with Crippen molar-refractivity contribution in [1.82, 2.24) is 10.2 Å². The number of halogens is 5. The highest BCUT2D eigenvalue weighted by Crippen LogP contribution is 2.34. The second kappa shape index (κ2) is 5.60. The van der Waals surface area contributed by atoms with Crippen LogP contribution in [-0.4, -0.2) is 50.2 Å². The molecule has 0 bridgehead atoms. The summed E-state index contributed by atoms with van der Waals surface area (Å²) in [6.07, 6.45) is -5.48. The number of nitrogens with zero attached hydrogens (tertiary/aromatic N) is 1. The summed E-state index contributed by atoms with van der Waals surface area (Å²) >= 11 is 0. The number of likely N-dealkylation sites (N-methyl/N-ethyl adjacent to an activating group) is 1. The average molecular weight is 234 g/mol. The van der Waals surface area contributed by atoms with E-state index >= 15 is 0 Å². The third-order valence-corrected chi connectivity index (χ3v) is 1.97. The number of alkyl halides is 5. The molecule has 0 spiro atoms. The van der Waals surface area contributed by atoms with E-state index in [0.717, 1.165) is 6.54 Å². The van der Waals surface area contributed by atoms with Crippen molar-refractivity contribution in [3.8, 4) is 0 Å². The van der Waals surface area contributed by atoms with E-state index in [-0.39, 0.29) is 6.54 Å². The van der Waals surface area contributed by atoms with Gasteiger partial charge in [-0.1, -0.05) is 6.92 Å². The molecule has 0 aliphatic heterocycles. The lowest BCUT2D eigenvalue weighted by molar-refractivity contribution is -0.279. The summed E-state index contributed by atoms with van der Waals surface area (Å²) in [4.78, 5) is 1.80. The highest BCUT2D eigenvalue weighted by Gasteiger charge is 2.56. The molecule has 15 heavy (non-hydrogen) atoms. The molecule has 0 aliphatic carbocycles. The van der Waals surface area contributed by atoms with E-state index in [4.69, 9.17) is 0 Å². The monoisotopic (exact) mass is 234 g/mol. The van der Waals surface area contributed by atoms with Crippen molar-refractivity contribution >= 4 is 0 Å². The Kier molecular flexibility index (Phi) is 5.44. The van der Waals surface area contributed by atoms with Crippen molar-refractivity contribution in [3.05, 3.63) is 0 Å². The van der Waals surface area contributed by atoms with Gasteiger partial charge in [0.1, 0.15) is 0 Å². The fourth-order valence-electron chi connectivity index (χ4n) is 0.774. The molecule has 2 nitrogen and oxygen atoms in total. The Morgan fingerprint density at radius 3 is 2.07 bits per heavy atom. The van der Waals surface area contributed by atoms with Gasteiger partial charge in [0.05, 0.1) is 6.54 Å². The first-order valence-corrected chi connectivity index (χ1v) is 4.54. The van der Waals surface area contributed by atoms with Crippen LogP contribution in [0.3, 0.4) is 0 Å². The van der Waals surface area contributed by atoms with Gasteiger partial charge in [-0.15, -0.1) is 0 Å². The van der Waals surface area contributed by atoms with Gasteiger partial charge in [-0.05, 0) is 13.6 Å². The van der Waals surface area contributed by atoms with Gasteiger partial charge in [-0.3, -0.25) is 0 Å². The van der Waals surface area contributed by atoms with E-state index < -0.39 is 18.6 Å².